The van der Waals surface area contributed by atoms with E-state index < -0.39 is 11.8 Å². The minimum atomic E-state index is -1.05. The van der Waals surface area contributed by atoms with E-state index >= 15 is 0 Å². The van der Waals surface area contributed by atoms with E-state index in [9.17, 15) is 14.3 Å². The normalized spacial score (nSPS) is 13.6. The third-order valence-corrected chi connectivity index (χ3v) is 6.67. The van der Waals surface area contributed by atoms with Gasteiger partial charge in [-0.2, -0.15) is 0 Å². The van der Waals surface area contributed by atoms with E-state index in [1.807, 2.05) is 52.8 Å². The van der Waals surface area contributed by atoms with Gasteiger partial charge < -0.3 is 9.84 Å². The molecule has 0 spiro atoms. The van der Waals surface area contributed by atoms with Crippen LogP contribution in [-0.4, -0.2) is 28.2 Å². The third kappa shape index (κ3) is 7.23. The van der Waals surface area contributed by atoms with Gasteiger partial charge in [0.2, 0.25) is 0 Å². The second-order valence-corrected chi connectivity index (χ2v) is 11.0. The van der Waals surface area contributed by atoms with Crippen molar-refractivity contribution in [3.8, 4) is 0 Å². The van der Waals surface area contributed by atoms with E-state index in [-0.39, 0.29) is 24.1 Å². The second kappa shape index (κ2) is 11.3. The molecule has 0 radical (unpaired) electrons. The van der Waals surface area contributed by atoms with Crippen LogP contribution in [0.15, 0.2) is 40.9 Å². The van der Waals surface area contributed by atoms with Crippen LogP contribution in [0.1, 0.15) is 68.0 Å². The molecule has 0 aliphatic rings. The maximum atomic E-state index is 14.1. The van der Waals surface area contributed by atoms with Gasteiger partial charge in [0.25, 0.3) is 0 Å². The SMILES string of the molecule is Cc1ccc(F)cc1C(CCC(=O)OC(C)(C)C)CNC(O)c1c(C)c(Cl)nc2ccc(Br)cc12. The summed E-state index contributed by atoms with van der Waals surface area (Å²) in [6, 6.07) is 10.2. The largest absolute Gasteiger partial charge is 0.460 e. The lowest BCUT2D eigenvalue weighted by Crippen LogP contribution is -2.29. The van der Waals surface area contributed by atoms with Crippen LogP contribution < -0.4 is 5.32 Å². The minimum absolute atomic E-state index is 0.172. The molecule has 0 aliphatic carbocycles. The zero-order valence-corrected chi connectivity index (χ0v) is 22.9. The number of halogens is 3. The Hall–Kier alpha value is -2.06. The first-order valence-electron chi connectivity index (χ1n) is 11.5. The summed E-state index contributed by atoms with van der Waals surface area (Å²) in [7, 11) is 0. The van der Waals surface area contributed by atoms with Gasteiger partial charge in [0.05, 0.1) is 5.52 Å². The summed E-state index contributed by atoms with van der Waals surface area (Å²) < 4.78 is 20.4. The molecule has 0 aliphatic heterocycles. The number of aryl methyl sites for hydroxylation is 1. The summed E-state index contributed by atoms with van der Waals surface area (Å²) in [5.74, 6) is -0.894. The highest BCUT2D eigenvalue weighted by Crippen LogP contribution is 2.33. The molecule has 2 atom stereocenters. The van der Waals surface area contributed by atoms with Gasteiger partial charge in [-0.3, -0.25) is 10.1 Å². The smallest absolute Gasteiger partial charge is 0.306 e. The molecular formula is C27H31BrClFN2O3. The molecular weight excluding hydrogens is 535 g/mol. The van der Waals surface area contributed by atoms with Gasteiger partial charge in [-0.15, -0.1) is 0 Å². The molecule has 0 fully saturated rings. The lowest BCUT2D eigenvalue weighted by Gasteiger charge is -2.25. The molecule has 5 nitrogen and oxygen atoms in total. The maximum Gasteiger partial charge on any atom is 0.306 e. The Bertz CT molecular complexity index is 1230. The van der Waals surface area contributed by atoms with Crippen molar-refractivity contribution in [3.05, 3.63) is 74.1 Å². The molecule has 0 saturated heterocycles. The summed E-state index contributed by atoms with van der Waals surface area (Å²) >= 11 is 9.83. The molecule has 1 heterocycles. The summed E-state index contributed by atoms with van der Waals surface area (Å²) in [6.07, 6.45) is -0.447. The summed E-state index contributed by atoms with van der Waals surface area (Å²) in [4.78, 5) is 16.8. The van der Waals surface area contributed by atoms with E-state index in [0.29, 0.717) is 34.8 Å². The number of nitrogens with zero attached hydrogens (tertiary/aromatic N) is 1. The van der Waals surface area contributed by atoms with Crippen molar-refractivity contribution in [3.63, 3.8) is 0 Å². The van der Waals surface area contributed by atoms with E-state index in [1.165, 1.54) is 12.1 Å². The molecule has 2 N–H and O–H groups in total. The third-order valence-electron chi connectivity index (χ3n) is 5.81. The number of esters is 1. The number of aliphatic hydroxyl groups is 1. The molecule has 1 aromatic heterocycles. The van der Waals surface area contributed by atoms with Gasteiger partial charge in [-0.25, -0.2) is 9.37 Å². The fourth-order valence-corrected chi connectivity index (χ4v) is 4.69. The molecule has 0 bridgehead atoms. The highest BCUT2D eigenvalue weighted by atomic mass is 79.9. The molecule has 0 amide bonds. The van der Waals surface area contributed by atoms with Gasteiger partial charge in [0.15, 0.2) is 0 Å². The van der Waals surface area contributed by atoms with E-state index in [1.54, 1.807) is 6.07 Å². The Kier molecular flexibility index (Phi) is 8.91. The maximum absolute atomic E-state index is 14.1. The number of aromatic nitrogens is 1. The molecule has 2 unspecified atom stereocenters. The number of benzene rings is 2. The molecule has 188 valence electrons. The number of pyridine rings is 1. The Labute approximate surface area is 219 Å². The number of ether oxygens (including phenoxy) is 1. The summed E-state index contributed by atoms with van der Waals surface area (Å²) in [5.41, 5.74) is 3.08. The number of hydrogen-bond acceptors (Lipinski definition) is 5. The highest BCUT2D eigenvalue weighted by molar-refractivity contribution is 9.10. The first-order chi connectivity index (χ1) is 16.4. The number of fused-ring (bicyclic) bond motifs is 1. The first-order valence-corrected chi connectivity index (χ1v) is 12.7. The first kappa shape index (κ1) is 27.5. The summed E-state index contributed by atoms with van der Waals surface area (Å²) in [6.45, 7) is 9.49. The monoisotopic (exact) mass is 564 g/mol. The van der Waals surface area contributed by atoms with Crippen molar-refractivity contribution in [2.24, 2.45) is 0 Å². The molecule has 2 aromatic carbocycles. The Morgan fingerprint density at radius 3 is 2.63 bits per heavy atom. The number of aliphatic hydroxyl groups excluding tert-OH is 1. The molecule has 3 aromatic rings. The van der Waals surface area contributed by atoms with Crippen LogP contribution in [0, 0.1) is 19.7 Å². The fourth-order valence-electron chi connectivity index (χ4n) is 4.14. The van der Waals surface area contributed by atoms with E-state index in [2.05, 4.69) is 26.2 Å². The van der Waals surface area contributed by atoms with Crippen molar-refractivity contribution < 1.29 is 19.0 Å². The van der Waals surface area contributed by atoms with Crippen molar-refractivity contribution in [2.75, 3.05) is 6.54 Å². The molecule has 3 rings (SSSR count). The van der Waals surface area contributed by atoms with Crippen LogP contribution in [0.25, 0.3) is 10.9 Å². The predicted molar refractivity (Wildman–Crippen MR) is 141 cm³/mol. The van der Waals surface area contributed by atoms with Gasteiger partial charge in [0, 0.05) is 28.4 Å². The van der Waals surface area contributed by atoms with Gasteiger partial charge >= 0.3 is 5.97 Å². The van der Waals surface area contributed by atoms with Crippen molar-refractivity contribution >= 4 is 44.4 Å². The number of hydrogen-bond donors (Lipinski definition) is 2. The Morgan fingerprint density at radius 2 is 1.94 bits per heavy atom. The Morgan fingerprint density at radius 1 is 1.23 bits per heavy atom. The molecule has 0 saturated carbocycles. The average Bonchev–Trinajstić information content (AvgIpc) is 2.75. The van der Waals surface area contributed by atoms with Gasteiger partial charge in [-0.1, -0.05) is 33.6 Å². The van der Waals surface area contributed by atoms with Crippen LogP contribution in [0.3, 0.4) is 0 Å². The summed E-state index contributed by atoms with van der Waals surface area (Å²) in [5, 5.41) is 15.5. The van der Waals surface area contributed by atoms with E-state index in [4.69, 9.17) is 16.3 Å². The predicted octanol–water partition coefficient (Wildman–Crippen LogP) is 6.89. The van der Waals surface area contributed by atoms with Crippen molar-refractivity contribution in [2.45, 2.75) is 65.2 Å². The lowest BCUT2D eigenvalue weighted by molar-refractivity contribution is -0.155. The molecule has 35 heavy (non-hydrogen) atoms. The van der Waals surface area contributed by atoms with Crippen LogP contribution in [-0.2, 0) is 9.53 Å². The number of nitrogens with one attached hydrogen (secondary N) is 1. The zero-order valence-electron chi connectivity index (χ0n) is 20.6. The minimum Gasteiger partial charge on any atom is -0.460 e. The topological polar surface area (TPSA) is 71.5 Å². The van der Waals surface area contributed by atoms with Crippen molar-refractivity contribution in [1.29, 1.82) is 0 Å². The molecule has 8 heteroatoms. The van der Waals surface area contributed by atoms with Gasteiger partial charge in [-0.05, 0) is 94.0 Å². The second-order valence-electron chi connectivity index (χ2n) is 9.74. The fraction of sp³-hybridized carbons (Fsp3) is 0.407. The number of carbonyl (C=O) groups is 1. The van der Waals surface area contributed by atoms with Crippen LogP contribution in [0.4, 0.5) is 4.39 Å². The Balaban J connectivity index is 1.87. The van der Waals surface area contributed by atoms with E-state index in [0.717, 1.165) is 21.0 Å². The number of carbonyl (C=O) groups excluding carboxylic acids is 1. The highest BCUT2D eigenvalue weighted by Gasteiger charge is 2.23. The average molecular weight is 566 g/mol. The van der Waals surface area contributed by atoms with Crippen LogP contribution in [0.5, 0.6) is 0 Å². The van der Waals surface area contributed by atoms with Crippen LogP contribution in [0.2, 0.25) is 5.15 Å². The quantitative estimate of drug-likeness (QED) is 0.177. The van der Waals surface area contributed by atoms with Crippen LogP contribution >= 0.6 is 27.5 Å². The lowest BCUT2D eigenvalue weighted by atomic mass is 9.90. The zero-order chi connectivity index (χ0) is 25.9. The standard InChI is InChI=1S/C27H31BrClFN2O3/c1-15-6-9-19(30)13-20(15)17(7-11-23(33)35-27(3,4)5)14-31-26(34)24-16(2)25(29)32-22-10-8-18(28)12-21(22)24/h6,8-10,12-13,17,26,31,34H,7,11,14H2,1-5H3. The van der Waals surface area contributed by atoms with Gasteiger partial charge in [0.1, 0.15) is 22.8 Å². The van der Waals surface area contributed by atoms with Crippen molar-refractivity contribution in [1.82, 2.24) is 10.3 Å². The number of rotatable bonds is 8.